The monoisotopic (exact) mass is 738 g/mol. The zero-order valence-electron chi connectivity index (χ0n) is 34.1. The van der Waals surface area contributed by atoms with Crippen molar-refractivity contribution >= 4 is 17.8 Å². The summed E-state index contributed by atoms with van der Waals surface area (Å²) in [5, 5.41) is 11.1. The Kier molecular flexibility index (Phi) is 39.1. The average molecular weight is 738 g/mol. The van der Waals surface area contributed by atoms with Gasteiger partial charge in [-0.2, -0.15) is 0 Å². The molecule has 0 aromatic heterocycles. The Labute approximate surface area is 325 Å². The fourth-order valence-corrected chi connectivity index (χ4v) is 6.01. The van der Waals surface area contributed by atoms with Gasteiger partial charge in [0.05, 0.1) is 0 Å². The molecule has 0 radical (unpaired) electrons. The van der Waals surface area contributed by atoms with Crippen molar-refractivity contribution in [1.82, 2.24) is 5.32 Å². The van der Waals surface area contributed by atoms with Crippen LogP contribution in [0.2, 0.25) is 0 Å². The molecule has 1 unspecified atom stereocenters. The molecule has 0 heterocycles. The highest BCUT2D eigenvalue weighted by atomic mass is 16.5. The van der Waals surface area contributed by atoms with E-state index in [4.69, 9.17) is 9.84 Å². The molecule has 0 aromatic rings. The lowest BCUT2D eigenvalue weighted by molar-refractivity contribution is -0.149. The predicted octanol–water partition coefficient (Wildman–Crippen LogP) is 13.4. The number of aliphatic carboxylic acids is 1. The summed E-state index contributed by atoms with van der Waals surface area (Å²) in [6.45, 7) is 4.10. The number of carbonyl (C=O) groups is 3. The number of nitrogens with one attached hydrogen (secondary N) is 1. The standard InChI is InChI=1S/C47H79NO5/c1-3-5-7-9-11-13-15-17-18-19-20-21-22-23-25-27-29-34-38-42-47(52)53-44(39-35-31-28-26-24-16-14-12-10-8-6-4-2)40-36-32-30-33-37-41-45(49)48-43-46(50)51/h5,7,11,13,17-18,20-21,23,25,29,34,44H,3-4,6,8-10,12,14-16,19,22,24,26-28,30-33,35-43H2,1-2H3,(H,48,49)(H,50,51)/b7-5-,13-11-,18-17-,21-20-,25-23-,34-29-. The van der Waals surface area contributed by atoms with Gasteiger partial charge in [0.2, 0.25) is 5.91 Å². The third-order valence-corrected chi connectivity index (χ3v) is 9.16. The number of hydrogen-bond acceptors (Lipinski definition) is 4. The van der Waals surface area contributed by atoms with Crippen molar-refractivity contribution < 1.29 is 24.2 Å². The van der Waals surface area contributed by atoms with E-state index >= 15 is 0 Å². The van der Waals surface area contributed by atoms with Crippen LogP contribution in [0, 0.1) is 0 Å². The van der Waals surface area contributed by atoms with E-state index in [-0.39, 0.29) is 24.5 Å². The Morgan fingerprint density at radius 3 is 1.34 bits per heavy atom. The third-order valence-electron chi connectivity index (χ3n) is 9.16. The summed E-state index contributed by atoms with van der Waals surface area (Å²) in [6.07, 6.45) is 56.0. The van der Waals surface area contributed by atoms with Gasteiger partial charge in [0.25, 0.3) is 0 Å². The minimum absolute atomic E-state index is 0.0160. The number of hydrogen-bond donors (Lipinski definition) is 2. The lowest BCUT2D eigenvalue weighted by Crippen LogP contribution is -2.28. The lowest BCUT2D eigenvalue weighted by atomic mass is 10.0. The first-order chi connectivity index (χ1) is 26.0. The fraction of sp³-hybridized carbons (Fsp3) is 0.681. The Morgan fingerprint density at radius 2 is 0.906 bits per heavy atom. The quantitative estimate of drug-likeness (QED) is 0.0374. The number of allylic oxidation sites excluding steroid dienone is 12. The molecule has 0 rings (SSSR count). The molecule has 0 aromatic carbocycles. The van der Waals surface area contributed by atoms with E-state index in [9.17, 15) is 14.4 Å². The van der Waals surface area contributed by atoms with Gasteiger partial charge in [-0.3, -0.25) is 14.4 Å². The number of amides is 1. The molecule has 6 nitrogen and oxygen atoms in total. The Balaban J connectivity index is 4.31. The molecule has 1 atom stereocenters. The number of carboxylic acids is 1. The molecule has 0 saturated carbocycles. The van der Waals surface area contributed by atoms with Gasteiger partial charge < -0.3 is 15.2 Å². The van der Waals surface area contributed by atoms with Crippen LogP contribution >= 0.6 is 0 Å². The van der Waals surface area contributed by atoms with Gasteiger partial charge in [-0.25, -0.2) is 0 Å². The minimum atomic E-state index is -1.02. The van der Waals surface area contributed by atoms with Crippen LogP contribution in [-0.4, -0.2) is 35.6 Å². The van der Waals surface area contributed by atoms with E-state index in [0.29, 0.717) is 19.3 Å². The zero-order chi connectivity index (χ0) is 38.7. The van der Waals surface area contributed by atoms with Crippen molar-refractivity contribution in [3.8, 4) is 0 Å². The summed E-state index contributed by atoms with van der Waals surface area (Å²) in [6, 6.07) is 0. The first-order valence-electron chi connectivity index (χ1n) is 21.6. The first kappa shape index (κ1) is 49.9. The SMILES string of the molecule is CC/C=C\C/C=C\C/C=C\C/C=C\C/C=C\C/C=C\CCC(=O)OC(CCCCCCCCCCCCCC)CCCCCCCC(=O)NCC(=O)O. The normalized spacial score (nSPS) is 12.8. The second-order valence-electron chi connectivity index (χ2n) is 14.2. The summed E-state index contributed by atoms with van der Waals surface area (Å²) in [4.78, 5) is 35.0. The molecule has 0 saturated heterocycles. The largest absolute Gasteiger partial charge is 0.480 e. The van der Waals surface area contributed by atoms with E-state index in [0.717, 1.165) is 89.9 Å². The molecule has 1 amide bonds. The lowest BCUT2D eigenvalue weighted by Gasteiger charge is -2.18. The maximum absolute atomic E-state index is 12.7. The number of ether oxygens (including phenoxy) is 1. The van der Waals surface area contributed by atoms with Crippen molar-refractivity contribution in [3.63, 3.8) is 0 Å². The predicted molar refractivity (Wildman–Crippen MR) is 226 cm³/mol. The topological polar surface area (TPSA) is 92.7 Å². The van der Waals surface area contributed by atoms with Gasteiger partial charge in [0.15, 0.2) is 0 Å². The van der Waals surface area contributed by atoms with Gasteiger partial charge in [-0.05, 0) is 77.0 Å². The second kappa shape index (κ2) is 41.6. The zero-order valence-corrected chi connectivity index (χ0v) is 34.1. The second-order valence-corrected chi connectivity index (χ2v) is 14.2. The number of carbonyl (C=O) groups excluding carboxylic acids is 2. The van der Waals surface area contributed by atoms with Crippen LogP contribution in [0.15, 0.2) is 72.9 Å². The molecule has 0 spiro atoms. The van der Waals surface area contributed by atoms with E-state index in [2.05, 4.69) is 92.1 Å². The number of unbranched alkanes of at least 4 members (excludes halogenated alkanes) is 15. The Morgan fingerprint density at radius 1 is 0.509 bits per heavy atom. The van der Waals surface area contributed by atoms with E-state index in [1.807, 2.05) is 0 Å². The number of carboxylic acid groups (broad SMARTS) is 1. The van der Waals surface area contributed by atoms with E-state index in [1.165, 1.54) is 70.6 Å². The maximum atomic E-state index is 12.7. The smallest absolute Gasteiger partial charge is 0.322 e. The molecule has 0 aliphatic heterocycles. The molecule has 0 aliphatic rings. The van der Waals surface area contributed by atoms with Gasteiger partial charge in [0, 0.05) is 12.8 Å². The minimum Gasteiger partial charge on any atom is -0.480 e. The van der Waals surface area contributed by atoms with Crippen LogP contribution < -0.4 is 5.32 Å². The molecule has 53 heavy (non-hydrogen) atoms. The Bertz CT molecular complexity index is 1040. The third kappa shape index (κ3) is 41.5. The Hall–Kier alpha value is -3.15. The van der Waals surface area contributed by atoms with Crippen LogP contribution in [0.5, 0.6) is 0 Å². The summed E-state index contributed by atoms with van der Waals surface area (Å²) < 4.78 is 5.99. The van der Waals surface area contributed by atoms with Crippen LogP contribution in [0.1, 0.15) is 194 Å². The molecular formula is C47H79NO5. The highest BCUT2D eigenvalue weighted by molar-refractivity contribution is 5.80. The van der Waals surface area contributed by atoms with Gasteiger partial charge in [-0.15, -0.1) is 0 Å². The summed E-state index contributed by atoms with van der Waals surface area (Å²) in [5.41, 5.74) is 0. The number of esters is 1. The summed E-state index contributed by atoms with van der Waals surface area (Å²) in [7, 11) is 0. The highest BCUT2D eigenvalue weighted by Gasteiger charge is 2.14. The molecule has 2 N–H and O–H groups in total. The first-order valence-corrected chi connectivity index (χ1v) is 21.6. The van der Waals surface area contributed by atoms with Crippen molar-refractivity contribution in [2.24, 2.45) is 0 Å². The molecular weight excluding hydrogens is 659 g/mol. The van der Waals surface area contributed by atoms with Crippen molar-refractivity contribution in [2.45, 2.75) is 200 Å². The van der Waals surface area contributed by atoms with Crippen LogP contribution in [0.3, 0.4) is 0 Å². The fourth-order valence-electron chi connectivity index (χ4n) is 6.01. The molecule has 0 bridgehead atoms. The van der Waals surface area contributed by atoms with Gasteiger partial charge >= 0.3 is 11.9 Å². The van der Waals surface area contributed by atoms with Crippen molar-refractivity contribution in [3.05, 3.63) is 72.9 Å². The van der Waals surface area contributed by atoms with E-state index in [1.54, 1.807) is 0 Å². The van der Waals surface area contributed by atoms with Crippen LogP contribution in [0.25, 0.3) is 0 Å². The van der Waals surface area contributed by atoms with Crippen LogP contribution in [-0.2, 0) is 19.1 Å². The average Bonchev–Trinajstić information content (AvgIpc) is 3.14. The molecule has 0 aliphatic carbocycles. The van der Waals surface area contributed by atoms with Gasteiger partial charge in [0.1, 0.15) is 12.6 Å². The summed E-state index contributed by atoms with van der Waals surface area (Å²) in [5.74, 6) is -1.32. The molecule has 302 valence electrons. The number of rotatable bonds is 38. The molecule has 6 heteroatoms. The van der Waals surface area contributed by atoms with Gasteiger partial charge in [-0.1, -0.05) is 177 Å². The van der Waals surface area contributed by atoms with E-state index < -0.39 is 5.97 Å². The van der Waals surface area contributed by atoms with Crippen molar-refractivity contribution in [1.29, 1.82) is 0 Å². The summed E-state index contributed by atoms with van der Waals surface area (Å²) >= 11 is 0. The highest BCUT2D eigenvalue weighted by Crippen LogP contribution is 2.18. The van der Waals surface area contributed by atoms with Crippen molar-refractivity contribution in [2.75, 3.05) is 6.54 Å². The van der Waals surface area contributed by atoms with Crippen LogP contribution in [0.4, 0.5) is 0 Å². The molecule has 0 fully saturated rings. The maximum Gasteiger partial charge on any atom is 0.322 e.